The van der Waals surface area contributed by atoms with Crippen LogP contribution in [0.3, 0.4) is 0 Å². The van der Waals surface area contributed by atoms with Crippen molar-refractivity contribution in [1.82, 2.24) is 4.90 Å². The molecule has 5 heteroatoms. The van der Waals surface area contributed by atoms with Crippen LogP contribution in [0, 0.1) is 17.8 Å². The van der Waals surface area contributed by atoms with Crippen molar-refractivity contribution in [3.8, 4) is 0 Å². The van der Waals surface area contributed by atoms with Gasteiger partial charge in [-0.1, -0.05) is 6.92 Å². The van der Waals surface area contributed by atoms with Crippen molar-refractivity contribution in [3.63, 3.8) is 0 Å². The molecule has 2 fully saturated rings. The lowest BCUT2D eigenvalue weighted by molar-refractivity contribution is -0.143. The van der Waals surface area contributed by atoms with Gasteiger partial charge < -0.3 is 16.4 Å². The van der Waals surface area contributed by atoms with Gasteiger partial charge in [0.05, 0.1) is 5.92 Å². The molecule has 1 saturated carbocycles. The maximum absolute atomic E-state index is 12.7. The molecule has 2 amide bonds. The fraction of sp³-hybridized carbons (Fsp3) is 0.867. The highest BCUT2D eigenvalue weighted by Crippen LogP contribution is 2.32. The van der Waals surface area contributed by atoms with Gasteiger partial charge in [-0.05, 0) is 44.9 Å². The number of carbonyl (C=O) groups excluding carboxylic acids is 2. The Kier molecular flexibility index (Phi) is 4.68. The largest absolute Gasteiger partial charge is 0.369 e. The van der Waals surface area contributed by atoms with Crippen LogP contribution in [0.5, 0.6) is 0 Å². The van der Waals surface area contributed by atoms with Crippen molar-refractivity contribution in [1.29, 1.82) is 0 Å². The minimum Gasteiger partial charge on any atom is -0.369 e. The lowest BCUT2D eigenvalue weighted by Gasteiger charge is -2.41. The number of nitrogens with zero attached hydrogens (tertiary/aromatic N) is 1. The normalized spacial score (nSPS) is 38.5. The lowest BCUT2D eigenvalue weighted by Crippen LogP contribution is -2.52. The topological polar surface area (TPSA) is 89.4 Å². The number of carbonyl (C=O) groups is 2. The summed E-state index contributed by atoms with van der Waals surface area (Å²) in [6, 6.07) is 0.325. The second-order valence-corrected chi connectivity index (χ2v) is 6.79. The molecule has 1 aliphatic carbocycles. The standard InChI is InChI=1S/C15H27N3O2/c1-9-5-12(7-13(16)6-9)15(20)18-8-11(14(17)19)4-3-10(18)2/h9-13H,3-8,16H2,1-2H3,(H2,17,19). The average Bonchev–Trinajstić information content (AvgIpc) is 2.37. The number of hydrogen-bond acceptors (Lipinski definition) is 3. The maximum atomic E-state index is 12.7. The molecule has 2 aliphatic rings. The van der Waals surface area contributed by atoms with Crippen molar-refractivity contribution >= 4 is 11.8 Å². The van der Waals surface area contributed by atoms with Crippen molar-refractivity contribution in [2.24, 2.45) is 29.2 Å². The molecule has 0 aromatic heterocycles. The van der Waals surface area contributed by atoms with Gasteiger partial charge in [-0.15, -0.1) is 0 Å². The van der Waals surface area contributed by atoms with E-state index in [0.29, 0.717) is 12.5 Å². The molecular weight excluding hydrogens is 254 g/mol. The van der Waals surface area contributed by atoms with E-state index in [9.17, 15) is 9.59 Å². The number of piperidine rings is 1. The third-order valence-electron chi connectivity index (χ3n) is 4.90. The summed E-state index contributed by atoms with van der Waals surface area (Å²) in [6.45, 7) is 4.70. The van der Waals surface area contributed by atoms with Gasteiger partial charge in [0.1, 0.15) is 0 Å². The molecule has 2 rings (SSSR count). The molecular formula is C15H27N3O2. The maximum Gasteiger partial charge on any atom is 0.226 e. The van der Waals surface area contributed by atoms with E-state index in [-0.39, 0.29) is 35.7 Å². The van der Waals surface area contributed by atoms with Crippen LogP contribution in [0.2, 0.25) is 0 Å². The molecule has 5 unspecified atom stereocenters. The molecule has 1 aliphatic heterocycles. The summed E-state index contributed by atoms with van der Waals surface area (Å²) in [5, 5.41) is 0. The molecule has 1 heterocycles. The SMILES string of the molecule is CC1CC(N)CC(C(=O)N2CC(C(N)=O)CCC2C)C1. The lowest BCUT2D eigenvalue weighted by atomic mass is 9.78. The summed E-state index contributed by atoms with van der Waals surface area (Å²) in [7, 11) is 0. The minimum absolute atomic E-state index is 0.0165. The van der Waals surface area contributed by atoms with E-state index < -0.39 is 0 Å². The summed E-state index contributed by atoms with van der Waals surface area (Å²) in [6.07, 6.45) is 4.34. The van der Waals surface area contributed by atoms with Crippen LogP contribution in [0.15, 0.2) is 0 Å². The quantitative estimate of drug-likeness (QED) is 0.786. The van der Waals surface area contributed by atoms with Gasteiger partial charge in [-0.2, -0.15) is 0 Å². The van der Waals surface area contributed by atoms with Crippen molar-refractivity contribution in [2.45, 2.75) is 58.0 Å². The van der Waals surface area contributed by atoms with Gasteiger partial charge >= 0.3 is 0 Å². The van der Waals surface area contributed by atoms with Crippen molar-refractivity contribution in [3.05, 3.63) is 0 Å². The van der Waals surface area contributed by atoms with Crippen LogP contribution in [-0.2, 0) is 9.59 Å². The van der Waals surface area contributed by atoms with Crippen LogP contribution in [0.4, 0.5) is 0 Å². The first-order valence-electron chi connectivity index (χ1n) is 7.73. The fourth-order valence-electron chi connectivity index (χ4n) is 3.74. The smallest absolute Gasteiger partial charge is 0.226 e. The van der Waals surface area contributed by atoms with Gasteiger partial charge in [-0.25, -0.2) is 0 Å². The Bertz CT molecular complexity index is 375. The van der Waals surface area contributed by atoms with Crippen LogP contribution < -0.4 is 11.5 Å². The predicted octanol–water partition coefficient (Wildman–Crippen LogP) is 0.862. The van der Waals surface area contributed by atoms with E-state index in [1.165, 1.54) is 0 Å². The average molecular weight is 281 g/mol. The Morgan fingerprint density at radius 1 is 1.05 bits per heavy atom. The van der Waals surface area contributed by atoms with Gasteiger partial charge in [0.15, 0.2) is 0 Å². The molecule has 0 radical (unpaired) electrons. The summed E-state index contributed by atoms with van der Waals surface area (Å²) in [5.74, 6) is 0.210. The summed E-state index contributed by atoms with van der Waals surface area (Å²) < 4.78 is 0. The summed E-state index contributed by atoms with van der Waals surface area (Å²) in [5.41, 5.74) is 11.4. The molecule has 0 bridgehead atoms. The zero-order valence-electron chi connectivity index (χ0n) is 12.5. The van der Waals surface area contributed by atoms with Gasteiger partial charge in [-0.3, -0.25) is 9.59 Å². The molecule has 0 spiro atoms. The molecule has 114 valence electrons. The molecule has 0 aromatic rings. The third kappa shape index (κ3) is 3.32. The number of primary amides is 1. The summed E-state index contributed by atoms with van der Waals surface area (Å²) in [4.78, 5) is 26.0. The Morgan fingerprint density at radius 3 is 2.35 bits per heavy atom. The van der Waals surface area contributed by atoms with Crippen molar-refractivity contribution < 1.29 is 9.59 Å². The Balaban J connectivity index is 2.04. The zero-order valence-corrected chi connectivity index (χ0v) is 12.5. The number of nitrogens with two attached hydrogens (primary N) is 2. The highest BCUT2D eigenvalue weighted by Gasteiger charge is 2.37. The highest BCUT2D eigenvalue weighted by molar-refractivity contribution is 5.82. The molecule has 1 saturated heterocycles. The fourth-order valence-corrected chi connectivity index (χ4v) is 3.74. The summed E-state index contributed by atoms with van der Waals surface area (Å²) >= 11 is 0. The van der Waals surface area contributed by atoms with E-state index in [2.05, 4.69) is 13.8 Å². The molecule has 20 heavy (non-hydrogen) atoms. The monoisotopic (exact) mass is 281 g/mol. The first-order chi connectivity index (χ1) is 9.38. The van der Waals surface area contributed by atoms with E-state index in [0.717, 1.165) is 32.1 Å². The Hall–Kier alpha value is -1.10. The van der Waals surface area contributed by atoms with E-state index in [4.69, 9.17) is 11.5 Å². The third-order valence-corrected chi connectivity index (χ3v) is 4.90. The van der Waals surface area contributed by atoms with Crippen LogP contribution in [0.1, 0.15) is 46.0 Å². The first kappa shape index (κ1) is 15.3. The minimum atomic E-state index is -0.289. The van der Waals surface area contributed by atoms with Gasteiger partial charge in [0.2, 0.25) is 11.8 Å². The van der Waals surface area contributed by atoms with E-state index >= 15 is 0 Å². The first-order valence-corrected chi connectivity index (χ1v) is 7.73. The second kappa shape index (κ2) is 6.12. The highest BCUT2D eigenvalue weighted by atomic mass is 16.2. The number of hydrogen-bond donors (Lipinski definition) is 2. The molecule has 0 aromatic carbocycles. The molecule has 4 N–H and O–H groups in total. The van der Waals surface area contributed by atoms with Crippen LogP contribution in [-0.4, -0.2) is 35.3 Å². The number of rotatable bonds is 2. The van der Waals surface area contributed by atoms with E-state index in [1.807, 2.05) is 4.90 Å². The zero-order chi connectivity index (χ0) is 14.9. The second-order valence-electron chi connectivity index (χ2n) is 6.79. The molecule has 5 atom stereocenters. The Morgan fingerprint density at radius 2 is 1.75 bits per heavy atom. The molecule has 5 nitrogen and oxygen atoms in total. The van der Waals surface area contributed by atoms with E-state index in [1.54, 1.807) is 0 Å². The predicted molar refractivity (Wildman–Crippen MR) is 77.6 cm³/mol. The van der Waals surface area contributed by atoms with Gasteiger partial charge in [0.25, 0.3) is 0 Å². The number of amides is 2. The van der Waals surface area contributed by atoms with Gasteiger partial charge in [0, 0.05) is 24.5 Å². The van der Waals surface area contributed by atoms with Crippen molar-refractivity contribution in [2.75, 3.05) is 6.54 Å². The van der Waals surface area contributed by atoms with Crippen LogP contribution in [0.25, 0.3) is 0 Å². The Labute approximate surface area is 121 Å². The number of likely N-dealkylation sites (tertiary alicyclic amines) is 1. The van der Waals surface area contributed by atoms with Crippen LogP contribution >= 0.6 is 0 Å².